The van der Waals surface area contributed by atoms with Crippen LogP contribution in [-0.2, 0) is 0 Å². The maximum absolute atomic E-state index is 13.1. The van der Waals surface area contributed by atoms with Gasteiger partial charge in [-0.1, -0.05) is 12.1 Å². The van der Waals surface area contributed by atoms with Crippen molar-refractivity contribution in [3.63, 3.8) is 0 Å². The van der Waals surface area contributed by atoms with E-state index in [0.717, 1.165) is 23.4 Å². The van der Waals surface area contributed by atoms with E-state index in [1.807, 2.05) is 19.1 Å². The number of ether oxygens (including phenoxy) is 1. The Morgan fingerprint density at radius 3 is 2.05 bits per heavy atom. The molecule has 0 aliphatic heterocycles. The quantitative estimate of drug-likeness (QED) is 0.844. The first kappa shape index (κ1) is 14.2. The second-order valence-electron chi connectivity index (χ2n) is 4.39. The zero-order chi connectivity index (χ0) is 14.7. The minimum absolute atomic E-state index is 0.185. The molecule has 0 radical (unpaired) electrons. The summed E-state index contributed by atoms with van der Waals surface area (Å²) in [7, 11) is 1.57. The van der Waals surface area contributed by atoms with Gasteiger partial charge in [0.25, 0.3) is 0 Å². The molecule has 0 saturated heterocycles. The van der Waals surface area contributed by atoms with Gasteiger partial charge in [0.2, 0.25) is 0 Å². The highest BCUT2D eigenvalue weighted by Crippen LogP contribution is 2.24. The molecule has 20 heavy (non-hydrogen) atoms. The summed E-state index contributed by atoms with van der Waals surface area (Å²) in [6.07, 6.45) is 0. The molecule has 0 spiro atoms. The molecule has 2 nitrogen and oxygen atoms in total. The lowest BCUT2D eigenvalue weighted by Gasteiger charge is -2.16. The van der Waals surface area contributed by atoms with E-state index in [4.69, 9.17) is 4.74 Å². The monoisotopic (exact) mass is 281 g/mol. The number of halogens is 3. The molecule has 5 heteroatoms. The molecule has 1 unspecified atom stereocenters. The molecule has 0 aliphatic rings. The molecule has 0 aromatic heterocycles. The Balaban J connectivity index is 2.16. The number of nitrogens with one attached hydrogen (secondary N) is 1. The molecule has 2 rings (SSSR count). The van der Waals surface area contributed by atoms with Crippen LogP contribution < -0.4 is 10.1 Å². The van der Waals surface area contributed by atoms with Crippen LogP contribution in [0.3, 0.4) is 0 Å². The molecule has 0 amide bonds. The fraction of sp³-hybridized carbons (Fsp3) is 0.200. The zero-order valence-corrected chi connectivity index (χ0v) is 11.1. The van der Waals surface area contributed by atoms with Crippen molar-refractivity contribution in [2.75, 3.05) is 12.4 Å². The van der Waals surface area contributed by atoms with Gasteiger partial charge in [-0.05, 0) is 24.6 Å². The van der Waals surface area contributed by atoms with Crippen LogP contribution in [-0.4, -0.2) is 7.11 Å². The van der Waals surface area contributed by atoms with Crippen molar-refractivity contribution in [3.05, 3.63) is 59.4 Å². The van der Waals surface area contributed by atoms with Crippen LogP contribution in [0.4, 0.5) is 18.9 Å². The van der Waals surface area contributed by atoms with Crippen LogP contribution >= 0.6 is 0 Å². The van der Waals surface area contributed by atoms with Gasteiger partial charge < -0.3 is 10.1 Å². The first-order valence-corrected chi connectivity index (χ1v) is 6.06. The van der Waals surface area contributed by atoms with Crippen LogP contribution in [0.1, 0.15) is 18.5 Å². The highest BCUT2D eigenvalue weighted by atomic mass is 19.2. The fourth-order valence-electron chi connectivity index (χ4n) is 1.86. The van der Waals surface area contributed by atoms with E-state index in [9.17, 15) is 13.2 Å². The standard InChI is InChI=1S/C15H14F3NO/c1-9(10-3-5-12(20-2)6-4-10)19-11-7-13(16)15(18)14(17)8-11/h3-9,19H,1-2H3. The Bertz CT molecular complexity index is 576. The maximum Gasteiger partial charge on any atom is 0.194 e. The molecule has 0 bridgehead atoms. The van der Waals surface area contributed by atoms with Crippen molar-refractivity contribution >= 4 is 5.69 Å². The van der Waals surface area contributed by atoms with E-state index >= 15 is 0 Å². The van der Waals surface area contributed by atoms with Gasteiger partial charge >= 0.3 is 0 Å². The third-order valence-corrected chi connectivity index (χ3v) is 2.98. The Morgan fingerprint density at radius 2 is 1.55 bits per heavy atom. The minimum Gasteiger partial charge on any atom is -0.497 e. The van der Waals surface area contributed by atoms with Crippen LogP contribution in [0.2, 0.25) is 0 Å². The molecular formula is C15H14F3NO. The van der Waals surface area contributed by atoms with Crippen LogP contribution in [0, 0.1) is 17.5 Å². The third-order valence-electron chi connectivity index (χ3n) is 2.98. The molecule has 1 N–H and O–H groups in total. The lowest BCUT2D eigenvalue weighted by molar-refractivity contribution is 0.414. The summed E-state index contributed by atoms with van der Waals surface area (Å²) in [6.45, 7) is 1.83. The highest BCUT2D eigenvalue weighted by Gasteiger charge is 2.12. The first-order valence-electron chi connectivity index (χ1n) is 6.06. The lowest BCUT2D eigenvalue weighted by atomic mass is 10.1. The number of rotatable bonds is 4. The molecule has 2 aromatic carbocycles. The van der Waals surface area contributed by atoms with Crippen molar-refractivity contribution in [3.8, 4) is 5.75 Å². The number of methoxy groups -OCH3 is 1. The van der Waals surface area contributed by atoms with Crippen LogP contribution in [0.25, 0.3) is 0 Å². The van der Waals surface area contributed by atoms with Crippen molar-refractivity contribution in [2.45, 2.75) is 13.0 Å². The summed E-state index contributed by atoms with van der Waals surface area (Å²) < 4.78 is 44.2. The number of benzene rings is 2. The van der Waals surface area contributed by atoms with Crippen molar-refractivity contribution < 1.29 is 17.9 Å². The Kier molecular flexibility index (Phi) is 4.17. The van der Waals surface area contributed by atoms with E-state index < -0.39 is 17.5 Å². The van der Waals surface area contributed by atoms with Crippen molar-refractivity contribution in [1.82, 2.24) is 0 Å². The van der Waals surface area contributed by atoms with Crippen molar-refractivity contribution in [1.29, 1.82) is 0 Å². The average molecular weight is 281 g/mol. The minimum atomic E-state index is -1.47. The Morgan fingerprint density at radius 1 is 1.00 bits per heavy atom. The second-order valence-corrected chi connectivity index (χ2v) is 4.39. The first-order chi connectivity index (χ1) is 9.51. The summed E-state index contributed by atoms with van der Waals surface area (Å²) in [6, 6.07) is 8.93. The summed E-state index contributed by atoms with van der Waals surface area (Å²) in [5.74, 6) is -3.17. The predicted octanol–water partition coefficient (Wildman–Crippen LogP) is 4.29. The van der Waals surface area contributed by atoms with Gasteiger partial charge in [0.15, 0.2) is 17.5 Å². The molecule has 1 atom stereocenters. The summed E-state index contributed by atoms with van der Waals surface area (Å²) in [5, 5.41) is 2.92. The maximum atomic E-state index is 13.1. The third kappa shape index (κ3) is 3.04. The molecule has 0 aliphatic carbocycles. The topological polar surface area (TPSA) is 21.3 Å². The van der Waals surface area contributed by atoms with Crippen molar-refractivity contribution in [2.24, 2.45) is 0 Å². The predicted molar refractivity (Wildman–Crippen MR) is 71.3 cm³/mol. The molecule has 0 fully saturated rings. The van der Waals surface area contributed by atoms with Crippen LogP contribution in [0.15, 0.2) is 36.4 Å². The highest BCUT2D eigenvalue weighted by molar-refractivity contribution is 5.46. The van der Waals surface area contributed by atoms with Gasteiger partial charge in [0.05, 0.1) is 7.11 Å². The molecular weight excluding hydrogens is 267 g/mol. The molecule has 2 aromatic rings. The zero-order valence-electron chi connectivity index (χ0n) is 11.1. The van der Waals surface area contributed by atoms with E-state index in [-0.39, 0.29) is 11.7 Å². The SMILES string of the molecule is COc1ccc(C(C)Nc2cc(F)c(F)c(F)c2)cc1. The van der Waals surface area contributed by atoms with Gasteiger partial charge in [0, 0.05) is 23.9 Å². The smallest absolute Gasteiger partial charge is 0.194 e. The summed E-state index contributed by atoms with van der Waals surface area (Å²) >= 11 is 0. The van der Waals surface area contributed by atoms with E-state index in [0.29, 0.717) is 0 Å². The number of anilines is 1. The molecule has 0 heterocycles. The van der Waals surface area contributed by atoms with E-state index in [2.05, 4.69) is 5.32 Å². The van der Waals surface area contributed by atoms with Gasteiger partial charge in [0.1, 0.15) is 5.75 Å². The second kappa shape index (κ2) is 5.86. The van der Waals surface area contributed by atoms with E-state index in [1.54, 1.807) is 19.2 Å². The molecule has 0 saturated carbocycles. The van der Waals surface area contributed by atoms with E-state index in [1.165, 1.54) is 0 Å². The van der Waals surface area contributed by atoms with Crippen LogP contribution in [0.5, 0.6) is 5.75 Å². The van der Waals surface area contributed by atoms with Gasteiger partial charge in [-0.25, -0.2) is 13.2 Å². The Hall–Kier alpha value is -2.17. The van der Waals surface area contributed by atoms with Gasteiger partial charge in [-0.3, -0.25) is 0 Å². The average Bonchev–Trinajstić information content (AvgIpc) is 2.44. The summed E-state index contributed by atoms with van der Waals surface area (Å²) in [5.41, 5.74) is 1.10. The fourth-order valence-corrected chi connectivity index (χ4v) is 1.86. The number of hydrogen-bond acceptors (Lipinski definition) is 2. The normalized spacial score (nSPS) is 12.1. The number of hydrogen-bond donors (Lipinski definition) is 1. The van der Waals surface area contributed by atoms with Gasteiger partial charge in [-0.15, -0.1) is 0 Å². The summed E-state index contributed by atoms with van der Waals surface area (Å²) in [4.78, 5) is 0. The Labute approximate surface area is 115 Å². The largest absolute Gasteiger partial charge is 0.497 e. The lowest BCUT2D eigenvalue weighted by Crippen LogP contribution is -2.07. The molecule has 106 valence electrons. The van der Waals surface area contributed by atoms with Gasteiger partial charge in [-0.2, -0.15) is 0 Å².